The van der Waals surface area contributed by atoms with Gasteiger partial charge in [-0.25, -0.2) is 4.79 Å². The zero-order valence-electron chi connectivity index (χ0n) is 25.7. The molecule has 262 valence electrons. The fourth-order valence-corrected chi connectivity index (χ4v) is 5.94. The number of aliphatic hydroxyl groups is 4. The van der Waals surface area contributed by atoms with E-state index in [1.165, 1.54) is 30.3 Å². The van der Waals surface area contributed by atoms with Gasteiger partial charge in [0.25, 0.3) is 5.69 Å². The molecule has 16 heteroatoms. The van der Waals surface area contributed by atoms with Crippen LogP contribution in [0.5, 0.6) is 0 Å². The predicted molar refractivity (Wildman–Crippen MR) is 166 cm³/mol. The summed E-state index contributed by atoms with van der Waals surface area (Å²) in [5.74, 6) is -0.716. The topological polar surface area (TPSA) is 206 Å². The van der Waals surface area contributed by atoms with Crippen LogP contribution in [-0.2, 0) is 39.8 Å². The maximum absolute atomic E-state index is 12.8. The highest BCUT2D eigenvalue weighted by Gasteiger charge is 2.53. The van der Waals surface area contributed by atoms with Crippen molar-refractivity contribution in [3.63, 3.8) is 0 Å². The van der Waals surface area contributed by atoms with Crippen molar-refractivity contribution >= 4 is 23.3 Å². The number of fused-ring (bicyclic) bond motifs is 1. The van der Waals surface area contributed by atoms with Gasteiger partial charge in [-0.2, -0.15) is 0 Å². The second-order valence-corrected chi connectivity index (χ2v) is 12.1. The highest BCUT2D eigenvalue weighted by atomic mass is 35.5. The first-order chi connectivity index (χ1) is 23.6. The summed E-state index contributed by atoms with van der Waals surface area (Å²) < 4.78 is 40.7. The smallest absolute Gasteiger partial charge is 0.338 e. The minimum atomic E-state index is -1.76. The van der Waals surface area contributed by atoms with Gasteiger partial charge in [-0.15, -0.1) is 0 Å². The summed E-state index contributed by atoms with van der Waals surface area (Å²) in [5, 5.41) is 55.6. The molecule has 3 aliphatic heterocycles. The summed E-state index contributed by atoms with van der Waals surface area (Å²) in [6, 6.07) is 21.1. The predicted octanol–water partition coefficient (Wildman–Crippen LogP) is 2.01. The first-order valence-electron chi connectivity index (χ1n) is 15.4. The molecule has 0 aliphatic carbocycles. The number of nitro benzene ring substituents is 1. The molecule has 49 heavy (non-hydrogen) atoms. The van der Waals surface area contributed by atoms with Crippen LogP contribution in [0.25, 0.3) is 0 Å². The number of esters is 1. The van der Waals surface area contributed by atoms with Crippen LogP contribution in [0.2, 0.25) is 5.02 Å². The number of nitro groups is 1. The third-order valence-corrected chi connectivity index (χ3v) is 8.67. The summed E-state index contributed by atoms with van der Waals surface area (Å²) in [6.07, 6.45) is -15.2. The number of carbonyl (C=O) groups is 1. The Morgan fingerprint density at radius 2 is 1.57 bits per heavy atom. The number of hydrogen-bond donors (Lipinski definition) is 4. The fraction of sp³-hybridized carbons (Fsp3) is 0.424. The standard InChI is InChI=1S/C33H34ClNO14/c34-20-12-11-17(13-21(20)35(41)42)14-44-32-26(38)24(36)29(22(46-32)15-43-30(40)18-7-3-1-4-8-18)49-33-27(39)25(37)28-23(47-33)16-45-31(48-28)19-9-5-2-6-10-19/h1-13,22-29,31-33,36-39H,14-16H2/t22-,23-,24-,25-,26-,27-,28-,29-,31?,32-,33-/m1/s1. The molecule has 0 spiro atoms. The fourth-order valence-electron chi connectivity index (χ4n) is 5.75. The van der Waals surface area contributed by atoms with E-state index in [-0.39, 0.29) is 29.5 Å². The van der Waals surface area contributed by atoms with E-state index in [0.717, 1.165) is 0 Å². The van der Waals surface area contributed by atoms with Crippen LogP contribution < -0.4 is 0 Å². The molecular formula is C33H34ClNO14. The van der Waals surface area contributed by atoms with Crippen molar-refractivity contribution < 1.29 is 63.3 Å². The maximum Gasteiger partial charge on any atom is 0.338 e. The Kier molecular flexibility index (Phi) is 11.2. The van der Waals surface area contributed by atoms with E-state index >= 15 is 0 Å². The van der Waals surface area contributed by atoms with E-state index in [0.29, 0.717) is 11.1 Å². The first-order valence-corrected chi connectivity index (χ1v) is 15.8. The number of ether oxygens (including phenoxy) is 7. The second-order valence-electron chi connectivity index (χ2n) is 11.6. The van der Waals surface area contributed by atoms with Gasteiger partial charge in [-0.3, -0.25) is 10.1 Å². The van der Waals surface area contributed by atoms with Gasteiger partial charge in [0.15, 0.2) is 18.9 Å². The zero-order chi connectivity index (χ0) is 34.7. The van der Waals surface area contributed by atoms with Gasteiger partial charge in [0.05, 0.1) is 23.7 Å². The van der Waals surface area contributed by atoms with Crippen LogP contribution in [0.4, 0.5) is 5.69 Å². The average Bonchev–Trinajstić information content (AvgIpc) is 3.12. The van der Waals surface area contributed by atoms with Crippen molar-refractivity contribution in [3.05, 3.63) is 111 Å². The molecule has 6 rings (SSSR count). The molecule has 1 unspecified atom stereocenters. The highest BCUT2D eigenvalue weighted by molar-refractivity contribution is 6.32. The summed E-state index contributed by atoms with van der Waals surface area (Å²) in [5.41, 5.74) is 0.906. The van der Waals surface area contributed by atoms with Gasteiger partial charge in [0.2, 0.25) is 0 Å². The number of aliphatic hydroxyl groups excluding tert-OH is 4. The van der Waals surface area contributed by atoms with E-state index in [1.807, 2.05) is 6.07 Å². The number of carbonyl (C=O) groups excluding carboxylic acids is 1. The van der Waals surface area contributed by atoms with Crippen LogP contribution in [0, 0.1) is 10.1 Å². The normalized spacial score (nSPS) is 33.0. The Hall–Kier alpha value is -3.58. The maximum atomic E-state index is 12.8. The van der Waals surface area contributed by atoms with E-state index in [2.05, 4.69) is 0 Å². The van der Waals surface area contributed by atoms with Gasteiger partial charge in [0, 0.05) is 11.6 Å². The lowest BCUT2D eigenvalue weighted by Crippen LogP contribution is -2.66. The van der Waals surface area contributed by atoms with Crippen LogP contribution in [0.15, 0.2) is 78.9 Å². The lowest BCUT2D eigenvalue weighted by atomic mass is 9.96. The molecule has 4 N–H and O–H groups in total. The molecule has 3 saturated heterocycles. The summed E-state index contributed by atoms with van der Waals surface area (Å²) in [7, 11) is 0. The molecule has 3 aliphatic rings. The van der Waals surface area contributed by atoms with Crippen molar-refractivity contribution in [1.29, 1.82) is 0 Å². The molecule has 0 aromatic heterocycles. The average molecular weight is 704 g/mol. The van der Waals surface area contributed by atoms with Gasteiger partial charge < -0.3 is 53.6 Å². The minimum Gasteiger partial charge on any atom is -0.459 e. The Labute approximate surface area is 284 Å². The zero-order valence-corrected chi connectivity index (χ0v) is 26.4. The van der Waals surface area contributed by atoms with Gasteiger partial charge in [0.1, 0.15) is 60.5 Å². The van der Waals surface area contributed by atoms with E-state index < -0.39 is 85.2 Å². The lowest BCUT2D eigenvalue weighted by Gasteiger charge is -2.48. The van der Waals surface area contributed by atoms with Crippen molar-refractivity contribution in [2.24, 2.45) is 0 Å². The van der Waals surface area contributed by atoms with Crippen LogP contribution >= 0.6 is 11.6 Å². The van der Waals surface area contributed by atoms with Gasteiger partial charge >= 0.3 is 5.97 Å². The quantitative estimate of drug-likeness (QED) is 0.135. The van der Waals surface area contributed by atoms with Crippen LogP contribution in [0.3, 0.4) is 0 Å². The molecule has 3 aromatic carbocycles. The van der Waals surface area contributed by atoms with Crippen LogP contribution in [0.1, 0.15) is 27.8 Å². The van der Waals surface area contributed by atoms with E-state index in [1.54, 1.807) is 42.5 Å². The Balaban J connectivity index is 1.16. The Morgan fingerprint density at radius 1 is 0.878 bits per heavy atom. The molecule has 3 aromatic rings. The van der Waals surface area contributed by atoms with Crippen molar-refractivity contribution in [3.8, 4) is 0 Å². The number of halogens is 1. The molecule has 0 amide bonds. The Bertz CT molecular complexity index is 1580. The largest absolute Gasteiger partial charge is 0.459 e. The molecule has 0 saturated carbocycles. The molecule has 0 bridgehead atoms. The SMILES string of the molecule is O=C(OC[C@H]1O[C@@H](OCc2ccc(Cl)c([N+](=O)[O-])c2)[C@H](O)[C@@H](O)[C@@H]1O[C@H]1O[C@@H]2COC(c3ccccc3)O[C@H]2[C@H](O)[C@H]1O)c1ccccc1. The van der Waals surface area contributed by atoms with Gasteiger partial charge in [-0.05, 0) is 23.8 Å². The Morgan fingerprint density at radius 3 is 2.29 bits per heavy atom. The number of hydrogen-bond acceptors (Lipinski definition) is 14. The molecule has 3 fully saturated rings. The monoisotopic (exact) mass is 703 g/mol. The number of nitrogens with zero attached hydrogens (tertiary/aromatic N) is 1. The molecule has 3 heterocycles. The van der Waals surface area contributed by atoms with Crippen molar-refractivity contribution in [2.45, 2.75) is 74.3 Å². The third-order valence-electron chi connectivity index (χ3n) is 8.35. The second kappa shape index (κ2) is 15.5. The summed E-state index contributed by atoms with van der Waals surface area (Å²) >= 11 is 5.90. The lowest BCUT2D eigenvalue weighted by molar-refractivity contribution is -0.386. The molecular weight excluding hydrogens is 670 g/mol. The number of benzene rings is 3. The molecule has 0 radical (unpaired) electrons. The molecule has 15 nitrogen and oxygen atoms in total. The summed E-state index contributed by atoms with van der Waals surface area (Å²) in [6.45, 7) is -0.827. The van der Waals surface area contributed by atoms with Crippen molar-refractivity contribution in [1.82, 2.24) is 0 Å². The first kappa shape index (κ1) is 35.3. The van der Waals surface area contributed by atoms with Crippen LogP contribution in [-0.4, -0.2) is 106 Å². The van der Waals surface area contributed by atoms with E-state index in [9.17, 15) is 35.3 Å². The van der Waals surface area contributed by atoms with Crippen molar-refractivity contribution in [2.75, 3.05) is 13.2 Å². The third kappa shape index (κ3) is 7.93. The summed E-state index contributed by atoms with van der Waals surface area (Å²) in [4.78, 5) is 23.4. The van der Waals surface area contributed by atoms with Gasteiger partial charge in [-0.1, -0.05) is 66.2 Å². The highest BCUT2D eigenvalue weighted by Crippen LogP contribution is 2.36. The molecule has 11 atom stereocenters. The minimum absolute atomic E-state index is 0.0307. The van der Waals surface area contributed by atoms with E-state index in [4.69, 9.17) is 44.8 Å². The number of rotatable bonds is 10.